The van der Waals surface area contributed by atoms with Gasteiger partial charge in [0.25, 0.3) is 0 Å². The highest BCUT2D eigenvalue weighted by molar-refractivity contribution is 4.52. The molecule has 0 radical (unpaired) electrons. The van der Waals surface area contributed by atoms with Crippen molar-refractivity contribution in [2.75, 3.05) is 45.9 Å². The Kier molecular flexibility index (Phi) is 12.3. The molecule has 0 aliphatic heterocycles. The van der Waals surface area contributed by atoms with Gasteiger partial charge in [0.05, 0.1) is 6.61 Å². The molecule has 0 aromatic heterocycles. The van der Waals surface area contributed by atoms with Crippen molar-refractivity contribution in [3.63, 3.8) is 0 Å². The minimum atomic E-state index is 0.750. The van der Waals surface area contributed by atoms with Gasteiger partial charge in [-0.15, -0.1) is 0 Å². The van der Waals surface area contributed by atoms with Gasteiger partial charge in [0.2, 0.25) is 0 Å². The minimum absolute atomic E-state index is 0.750. The quantitative estimate of drug-likeness (QED) is 0.533. The zero-order chi connectivity index (χ0) is 12.9. The van der Waals surface area contributed by atoms with Crippen molar-refractivity contribution in [2.45, 2.75) is 40.5 Å². The third-order valence-corrected chi connectivity index (χ3v) is 2.89. The van der Waals surface area contributed by atoms with Crippen LogP contribution in [0.1, 0.15) is 40.5 Å². The molecule has 0 saturated heterocycles. The number of rotatable bonds is 12. The fourth-order valence-corrected chi connectivity index (χ4v) is 1.68. The topological polar surface area (TPSA) is 24.5 Å². The molecular weight excluding hydrogens is 212 g/mol. The van der Waals surface area contributed by atoms with Crippen molar-refractivity contribution >= 4 is 0 Å². The van der Waals surface area contributed by atoms with E-state index in [0.29, 0.717) is 0 Å². The number of nitrogens with one attached hydrogen (secondary N) is 1. The van der Waals surface area contributed by atoms with Crippen LogP contribution in [0.2, 0.25) is 0 Å². The molecule has 17 heavy (non-hydrogen) atoms. The highest BCUT2D eigenvalue weighted by atomic mass is 16.5. The third kappa shape index (κ3) is 12.1. The molecule has 0 aromatic rings. The van der Waals surface area contributed by atoms with Gasteiger partial charge in [-0.2, -0.15) is 0 Å². The molecule has 0 rings (SSSR count). The first-order valence-corrected chi connectivity index (χ1v) is 7.21. The molecule has 0 fully saturated rings. The van der Waals surface area contributed by atoms with Crippen LogP contribution in [0.4, 0.5) is 0 Å². The number of hydrogen-bond donors (Lipinski definition) is 1. The van der Waals surface area contributed by atoms with Crippen LogP contribution in [-0.2, 0) is 4.74 Å². The molecule has 0 heterocycles. The van der Waals surface area contributed by atoms with Gasteiger partial charge in [-0.3, -0.25) is 0 Å². The van der Waals surface area contributed by atoms with E-state index in [1.54, 1.807) is 0 Å². The lowest BCUT2D eigenvalue weighted by Crippen LogP contribution is -2.27. The minimum Gasteiger partial charge on any atom is -0.380 e. The lowest BCUT2D eigenvalue weighted by Gasteiger charge is -2.17. The van der Waals surface area contributed by atoms with Gasteiger partial charge in [-0.25, -0.2) is 0 Å². The molecular formula is C14H32N2O. The molecule has 0 spiro atoms. The highest BCUT2D eigenvalue weighted by Gasteiger charge is 1.98. The summed E-state index contributed by atoms with van der Waals surface area (Å²) in [5.41, 5.74) is 0. The van der Waals surface area contributed by atoms with E-state index in [-0.39, 0.29) is 0 Å². The zero-order valence-electron chi connectivity index (χ0n) is 12.3. The molecule has 0 saturated carbocycles. The summed E-state index contributed by atoms with van der Waals surface area (Å²) in [5.74, 6) is 0.750. The first-order valence-electron chi connectivity index (χ1n) is 7.21. The molecule has 0 unspecified atom stereocenters. The molecule has 3 heteroatoms. The number of nitrogens with zero attached hydrogens (tertiary/aromatic N) is 1. The van der Waals surface area contributed by atoms with E-state index in [1.807, 2.05) is 0 Å². The van der Waals surface area contributed by atoms with Gasteiger partial charge >= 0.3 is 0 Å². The molecule has 0 aromatic carbocycles. The van der Waals surface area contributed by atoms with E-state index >= 15 is 0 Å². The van der Waals surface area contributed by atoms with Gasteiger partial charge < -0.3 is 15.0 Å². The second kappa shape index (κ2) is 12.3. The lowest BCUT2D eigenvalue weighted by atomic mass is 10.2. The maximum Gasteiger partial charge on any atom is 0.0593 e. The Morgan fingerprint density at radius 2 is 1.76 bits per heavy atom. The molecule has 1 N–H and O–H groups in total. The van der Waals surface area contributed by atoms with Crippen LogP contribution in [0.25, 0.3) is 0 Å². The SMILES string of the molecule is CCN(CC)CCOCCCCNCC(C)C. The third-order valence-electron chi connectivity index (χ3n) is 2.89. The average molecular weight is 244 g/mol. The largest absolute Gasteiger partial charge is 0.380 e. The summed E-state index contributed by atoms with van der Waals surface area (Å²) in [7, 11) is 0. The van der Waals surface area contributed by atoms with Crippen molar-refractivity contribution in [1.82, 2.24) is 10.2 Å². The van der Waals surface area contributed by atoms with Crippen LogP contribution in [0.5, 0.6) is 0 Å². The van der Waals surface area contributed by atoms with Gasteiger partial charge in [0, 0.05) is 13.2 Å². The van der Waals surface area contributed by atoms with Crippen LogP contribution >= 0.6 is 0 Å². The lowest BCUT2D eigenvalue weighted by molar-refractivity contribution is 0.104. The maximum atomic E-state index is 5.63. The van der Waals surface area contributed by atoms with Gasteiger partial charge in [-0.05, 0) is 44.9 Å². The molecule has 104 valence electrons. The summed E-state index contributed by atoms with van der Waals surface area (Å²) in [5, 5.41) is 3.45. The summed E-state index contributed by atoms with van der Waals surface area (Å²) in [6.07, 6.45) is 2.39. The average Bonchev–Trinajstić information content (AvgIpc) is 2.31. The second-order valence-electron chi connectivity index (χ2n) is 4.94. The predicted molar refractivity (Wildman–Crippen MR) is 75.5 cm³/mol. The Bertz CT molecular complexity index is 147. The van der Waals surface area contributed by atoms with Crippen LogP contribution in [0, 0.1) is 5.92 Å². The van der Waals surface area contributed by atoms with Crippen molar-refractivity contribution in [1.29, 1.82) is 0 Å². The highest BCUT2D eigenvalue weighted by Crippen LogP contribution is 1.92. The maximum absolute atomic E-state index is 5.63. The van der Waals surface area contributed by atoms with Crippen LogP contribution in [-0.4, -0.2) is 50.8 Å². The van der Waals surface area contributed by atoms with Crippen molar-refractivity contribution in [3.8, 4) is 0 Å². The zero-order valence-corrected chi connectivity index (χ0v) is 12.3. The number of ether oxygens (including phenoxy) is 1. The molecule has 0 aliphatic carbocycles. The van der Waals surface area contributed by atoms with E-state index in [0.717, 1.165) is 51.9 Å². The Morgan fingerprint density at radius 3 is 2.35 bits per heavy atom. The normalized spacial score (nSPS) is 11.6. The van der Waals surface area contributed by atoms with Crippen molar-refractivity contribution in [2.24, 2.45) is 5.92 Å². The summed E-state index contributed by atoms with van der Waals surface area (Å²) in [4.78, 5) is 2.39. The first-order chi connectivity index (χ1) is 8.20. The van der Waals surface area contributed by atoms with Gasteiger partial charge in [0.1, 0.15) is 0 Å². The fraction of sp³-hybridized carbons (Fsp3) is 1.00. The molecule has 0 atom stereocenters. The van der Waals surface area contributed by atoms with Crippen LogP contribution < -0.4 is 5.32 Å². The van der Waals surface area contributed by atoms with Crippen molar-refractivity contribution < 1.29 is 4.74 Å². The van der Waals surface area contributed by atoms with E-state index in [4.69, 9.17) is 4.74 Å². The predicted octanol–water partition coefficient (Wildman–Crippen LogP) is 2.37. The Morgan fingerprint density at radius 1 is 1.06 bits per heavy atom. The summed E-state index contributed by atoms with van der Waals surface area (Å²) >= 11 is 0. The second-order valence-corrected chi connectivity index (χ2v) is 4.94. The first kappa shape index (κ1) is 16.9. The van der Waals surface area contributed by atoms with E-state index < -0.39 is 0 Å². The standard InChI is InChI=1S/C14H32N2O/c1-5-16(6-2)10-12-17-11-8-7-9-15-13-14(3)4/h14-15H,5-13H2,1-4H3. The molecule has 0 amide bonds. The number of likely N-dealkylation sites (N-methyl/N-ethyl adjacent to an activating group) is 1. The Hall–Kier alpha value is -0.120. The van der Waals surface area contributed by atoms with Gasteiger partial charge in [0.15, 0.2) is 0 Å². The number of unbranched alkanes of at least 4 members (excludes halogenated alkanes) is 1. The Balaban J connectivity index is 3.08. The van der Waals surface area contributed by atoms with Crippen LogP contribution in [0.15, 0.2) is 0 Å². The summed E-state index contributed by atoms with van der Waals surface area (Å²) < 4.78 is 5.63. The van der Waals surface area contributed by atoms with Gasteiger partial charge in [-0.1, -0.05) is 27.7 Å². The Labute approximate surface area is 108 Å². The molecule has 0 bridgehead atoms. The monoisotopic (exact) mass is 244 g/mol. The molecule has 3 nitrogen and oxygen atoms in total. The molecule has 0 aliphatic rings. The van der Waals surface area contributed by atoms with Crippen molar-refractivity contribution in [3.05, 3.63) is 0 Å². The van der Waals surface area contributed by atoms with E-state index in [9.17, 15) is 0 Å². The summed E-state index contributed by atoms with van der Waals surface area (Å²) in [6, 6.07) is 0. The fourth-order valence-electron chi connectivity index (χ4n) is 1.68. The number of hydrogen-bond acceptors (Lipinski definition) is 3. The van der Waals surface area contributed by atoms with E-state index in [1.165, 1.54) is 12.8 Å². The van der Waals surface area contributed by atoms with Crippen LogP contribution in [0.3, 0.4) is 0 Å². The smallest absolute Gasteiger partial charge is 0.0593 e. The summed E-state index contributed by atoms with van der Waals surface area (Å²) in [6.45, 7) is 16.2. The van der Waals surface area contributed by atoms with E-state index in [2.05, 4.69) is 37.9 Å².